The first-order valence-electron chi connectivity index (χ1n) is 5.24. The summed E-state index contributed by atoms with van der Waals surface area (Å²) >= 11 is 5.02. The number of carbonyl (C=O) groups is 1. The predicted octanol–water partition coefficient (Wildman–Crippen LogP) is 3.88. The van der Waals surface area contributed by atoms with Gasteiger partial charge < -0.3 is 9.47 Å². The highest BCUT2D eigenvalue weighted by Crippen LogP contribution is 2.23. The maximum Gasteiger partial charge on any atom is 0.337 e. The van der Waals surface area contributed by atoms with Crippen LogP contribution in [0.3, 0.4) is 0 Å². The standard InChI is InChI=1S/C13H11BrO3S/c1-16-13(15)9-3-2-4-10(7-9)17-8-11-5-6-12(14)18-11/h2-7H,8H2,1H3. The maximum absolute atomic E-state index is 11.4. The van der Waals surface area contributed by atoms with Crippen LogP contribution in [0.2, 0.25) is 0 Å². The molecule has 0 saturated heterocycles. The number of ether oxygens (including phenoxy) is 2. The second kappa shape index (κ2) is 6.02. The van der Waals surface area contributed by atoms with E-state index >= 15 is 0 Å². The van der Waals surface area contributed by atoms with Gasteiger partial charge in [-0.15, -0.1) is 11.3 Å². The zero-order valence-corrected chi connectivity index (χ0v) is 12.1. The van der Waals surface area contributed by atoms with Crippen LogP contribution < -0.4 is 4.74 Å². The van der Waals surface area contributed by atoms with Crippen molar-refractivity contribution in [2.24, 2.45) is 0 Å². The van der Waals surface area contributed by atoms with Crippen molar-refractivity contribution in [3.05, 3.63) is 50.6 Å². The van der Waals surface area contributed by atoms with Gasteiger partial charge in [0.25, 0.3) is 0 Å². The number of esters is 1. The third kappa shape index (κ3) is 3.34. The Morgan fingerprint density at radius 1 is 1.33 bits per heavy atom. The van der Waals surface area contributed by atoms with Gasteiger partial charge in [-0.2, -0.15) is 0 Å². The zero-order chi connectivity index (χ0) is 13.0. The fourth-order valence-electron chi connectivity index (χ4n) is 1.41. The first kappa shape index (κ1) is 13.1. The molecule has 0 amide bonds. The lowest BCUT2D eigenvalue weighted by molar-refractivity contribution is 0.0600. The monoisotopic (exact) mass is 326 g/mol. The Kier molecular flexibility index (Phi) is 4.38. The highest BCUT2D eigenvalue weighted by Gasteiger charge is 2.06. The van der Waals surface area contributed by atoms with Crippen LogP contribution in [0.25, 0.3) is 0 Å². The minimum Gasteiger partial charge on any atom is -0.488 e. The van der Waals surface area contributed by atoms with E-state index in [0.717, 1.165) is 8.66 Å². The molecule has 3 nitrogen and oxygen atoms in total. The van der Waals surface area contributed by atoms with Crippen LogP contribution in [-0.4, -0.2) is 13.1 Å². The summed E-state index contributed by atoms with van der Waals surface area (Å²) in [6.45, 7) is 0.487. The topological polar surface area (TPSA) is 35.5 Å². The van der Waals surface area contributed by atoms with Gasteiger partial charge in [-0.25, -0.2) is 4.79 Å². The highest BCUT2D eigenvalue weighted by atomic mass is 79.9. The molecule has 1 heterocycles. The summed E-state index contributed by atoms with van der Waals surface area (Å²) in [5.41, 5.74) is 0.488. The number of benzene rings is 1. The van der Waals surface area contributed by atoms with E-state index in [1.807, 2.05) is 18.2 Å². The fraction of sp³-hybridized carbons (Fsp3) is 0.154. The van der Waals surface area contributed by atoms with Crippen LogP contribution in [0.5, 0.6) is 5.75 Å². The van der Waals surface area contributed by atoms with E-state index in [-0.39, 0.29) is 5.97 Å². The fourth-order valence-corrected chi connectivity index (χ4v) is 2.81. The van der Waals surface area contributed by atoms with Crippen molar-refractivity contribution in [3.8, 4) is 5.75 Å². The molecule has 18 heavy (non-hydrogen) atoms. The Morgan fingerprint density at radius 2 is 2.17 bits per heavy atom. The number of methoxy groups -OCH3 is 1. The molecule has 0 bridgehead atoms. The zero-order valence-electron chi connectivity index (χ0n) is 9.68. The van der Waals surface area contributed by atoms with Gasteiger partial charge in [-0.3, -0.25) is 0 Å². The molecule has 0 saturated carbocycles. The molecule has 5 heteroatoms. The van der Waals surface area contributed by atoms with Gasteiger partial charge in [0.05, 0.1) is 16.5 Å². The van der Waals surface area contributed by atoms with Gasteiger partial charge in [0.1, 0.15) is 12.4 Å². The molecule has 94 valence electrons. The third-order valence-corrected chi connectivity index (χ3v) is 3.86. The van der Waals surface area contributed by atoms with Crippen LogP contribution >= 0.6 is 27.3 Å². The molecule has 2 rings (SSSR count). The molecule has 0 unspecified atom stereocenters. The summed E-state index contributed by atoms with van der Waals surface area (Å²) in [6, 6.07) is 10.9. The van der Waals surface area contributed by atoms with Gasteiger partial charge >= 0.3 is 5.97 Å². The molecule has 0 aliphatic rings. The molecule has 1 aromatic carbocycles. The van der Waals surface area contributed by atoms with Gasteiger partial charge in [0, 0.05) is 4.88 Å². The molecule has 0 fully saturated rings. The molecule has 0 atom stereocenters. The summed E-state index contributed by atoms with van der Waals surface area (Å²) in [5, 5.41) is 0. The van der Waals surface area contributed by atoms with Crippen LogP contribution in [0.4, 0.5) is 0 Å². The molecular formula is C13H11BrO3S. The summed E-state index contributed by atoms with van der Waals surface area (Å²) in [6.07, 6.45) is 0. The minimum atomic E-state index is -0.362. The van der Waals surface area contributed by atoms with Gasteiger partial charge in [-0.05, 0) is 46.3 Å². The average molecular weight is 327 g/mol. The molecular weight excluding hydrogens is 316 g/mol. The number of rotatable bonds is 4. The summed E-state index contributed by atoms with van der Waals surface area (Å²) in [7, 11) is 1.36. The molecule has 0 aliphatic carbocycles. The molecule has 0 aliphatic heterocycles. The van der Waals surface area contributed by atoms with E-state index in [0.29, 0.717) is 17.9 Å². The Hall–Kier alpha value is -1.33. The Morgan fingerprint density at radius 3 is 2.83 bits per heavy atom. The maximum atomic E-state index is 11.4. The smallest absolute Gasteiger partial charge is 0.337 e. The lowest BCUT2D eigenvalue weighted by Gasteiger charge is -2.06. The Bertz CT molecular complexity index is 551. The number of hydrogen-bond acceptors (Lipinski definition) is 4. The summed E-state index contributed by atoms with van der Waals surface area (Å²) in [5.74, 6) is 0.293. The van der Waals surface area contributed by atoms with E-state index < -0.39 is 0 Å². The Balaban J connectivity index is 2.03. The number of halogens is 1. The van der Waals surface area contributed by atoms with Crippen LogP contribution in [0.15, 0.2) is 40.2 Å². The lowest BCUT2D eigenvalue weighted by Crippen LogP contribution is -2.01. The van der Waals surface area contributed by atoms with Crippen molar-refractivity contribution in [3.63, 3.8) is 0 Å². The van der Waals surface area contributed by atoms with Crippen molar-refractivity contribution in [1.29, 1.82) is 0 Å². The molecule has 2 aromatic rings. The van der Waals surface area contributed by atoms with Crippen LogP contribution in [-0.2, 0) is 11.3 Å². The quantitative estimate of drug-likeness (QED) is 0.800. The normalized spacial score (nSPS) is 10.1. The van der Waals surface area contributed by atoms with Crippen molar-refractivity contribution in [1.82, 2.24) is 0 Å². The molecule has 0 spiro atoms. The van der Waals surface area contributed by atoms with E-state index in [1.54, 1.807) is 29.5 Å². The van der Waals surface area contributed by atoms with E-state index in [4.69, 9.17) is 4.74 Å². The van der Waals surface area contributed by atoms with Gasteiger partial charge in [0.15, 0.2) is 0 Å². The predicted molar refractivity (Wildman–Crippen MR) is 74.1 cm³/mol. The first-order valence-corrected chi connectivity index (χ1v) is 6.85. The molecule has 0 radical (unpaired) electrons. The Labute approximate surface area is 117 Å². The largest absolute Gasteiger partial charge is 0.488 e. The van der Waals surface area contributed by atoms with E-state index in [1.165, 1.54) is 7.11 Å². The van der Waals surface area contributed by atoms with Gasteiger partial charge in [0.2, 0.25) is 0 Å². The average Bonchev–Trinajstić information content (AvgIpc) is 2.81. The summed E-state index contributed by atoms with van der Waals surface area (Å²) < 4.78 is 11.4. The van der Waals surface area contributed by atoms with Crippen molar-refractivity contribution >= 4 is 33.2 Å². The van der Waals surface area contributed by atoms with Crippen molar-refractivity contribution in [2.45, 2.75) is 6.61 Å². The number of thiophene rings is 1. The summed E-state index contributed by atoms with van der Waals surface area (Å²) in [4.78, 5) is 12.5. The third-order valence-electron chi connectivity index (χ3n) is 2.27. The molecule has 1 aromatic heterocycles. The van der Waals surface area contributed by atoms with Crippen molar-refractivity contribution in [2.75, 3.05) is 7.11 Å². The van der Waals surface area contributed by atoms with Gasteiger partial charge in [-0.1, -0.05) is 6.07 Å². The number of carbonyl (C=O) groups excluding carboxylic acids is 1. The van der Waals surface area contributed by atoms with Crippen LogP contribution in [0, 0.1) is 0 Å². The molecule has 0 N–H and O–H groups in total. The second-order valence-corrected chi connectivity index (χ2v) is 6.06. The highest BCUT2D eigenvalue weighted by molar-refractivity contribution is 9.11. The van der Waals surface area contributed by atoms with E-state index in [9.17, 15) is 4.79 Å². The van der Waals surface area contributed by atoms with E-state index in [2.05, 4.69) is 20.7 Å². The SMILES string of the molecule is COC(=O)c1cccc(OCc2ccc(Br)s2)c1. The minimum absolute atomic E-state index is 0.362. The van der Waals surface area contributed by atoms with Crippen molar-refractivity contribution < 1.29 is 14.3 Å². The van der Waals surface area contributed by atoms with Crippen LogP contribution in [0.1, 0.15) is 15.2 Å². The lowest BCUT2D eigenvalue weighted by atomic mass is 10.2. The first-order chi connectivity index (χ1) is 8.69. The number of hydrogen-bond donors (Lipinski definition) is 0. The second-order valence-electron chi connectivity index (χ2n) is 3.51.